The molecule has 3 N–H and O–H groups in total. The quantitative estimate of drug-likeness (QED) is 0.823. The van der Waals surface area contributed by atoms with Crippen LogP contribution in [-0.4, -0.2) is 39.0 Å². The highest BCUT2D eigenvalue weighted by Crippen LogP contribution is 2.26. The van der Waals surface area contributed by atoms with E-state index < -0.39 is 0 Å². The Morgan fingerprint density at radius 2 is 2.22 bits per heavy atom. The van der Waals surface area contributed by atoms with Crippen LogP contribution in [0.15, 0.2) is 30.6 Å². The van der Waals surface area contributed by atoms with Crippen LogP contribution in [-0.2, 0) is 0 Å². The van der Waals surface area contributed by atoms with Crippen molar-refractivity contribution in [3.8, 4) is 0 Å². The van der Waals surface area contributed by atoms with Gasteiger partial charge >= 0.3 is 6.03 Å². The smallest absolute Gasteiger partial charge is 0.321 e. The zero-order chi connectivity index (χ0) is 16.2. The van der Waals surface area contributed by atoms with E-state index in [-0.39, 0.29) is 23.1 Å². The third-order valence-electron chi connectivity index (χ3n) is 3.82. The van der Waals surface area contributed by atoms with Gasteiger partial charge in [-0.3, -0.25) is 0 Å². The zero-order valence-corrected chi connectivity index (χ0v) is 13.2. The monoisotopic (exact) mass is 332 g/mol. The van der Waals surface area contributed by atoms with Gasteiger partial charge in [-0.25, -0.2) is 19.7 Å². The fraction of sp³-hybridized carbons (Fsp3) is 0.333. The minimum absolute atomic E-state index is 0.157. The minimum atomic E-state index is -0.188. The number of carbonyl (C=O) groups excluding carboxylic acids is 1. The minimum Gasteiger partial charge on any atom is -0.368 e. The highest BCUT2D eigenvalue weighted by molar-refractivity contribution is 6.32. The second-order valence-electron chi connectivity index (χ2n) is 5.40. The highest BCUT2D eigenvalue weighted by atomic mass is 35.5. The van der Waals surface area contributed by atoms with E-state index >= 15 is 0 Å². The lowest BCUT2D eigenvalue weighted by molar-refractivity contribution is 0.192. The molecule has 3 rings (SSSR count). The van der Waals surface area contributed by atoms with E-state index in [1.807, 2.05) is 6.07 Å². The highest BCUT2D eigenvalue weighted by Gasteiger charge is 2.26. The molecule has 0 unspecified atom stereocenters. The lowest BCUT2D eigenvalue weighted by Gasteiger charge is -2.32. The number of pyridine rings is 1. The molecule has 1 aliphatic heterocycles. The molecule has 0 aliphatic carbocycles. The molecule has 0 aromatic carbocycles. The van der Waals surface area contributed by atoms with Crippen LogP contribution in [0.4, 0.5) is 16.4 Å². The predicted molar refractivity (Wildman–Crippen MR) is 88.3 cm³/mol. The molecular formula is C15H17ClN6O. The molecule has 3 heterocycles. The van der Waals surface area contributed by atoms with Gasteiger partial charge in [0.1, 0.15) is 0 Å². The van der Waals surface area contributed by atoms with Crippen molar-refractivity contribution in [1.29, 1.82) is 0 Å². The van der Waals surface area contributed by atoms with Crippen molar-refractivity contribution in [2.24, 2.45) is 0 Å². The van der Waals surface area contributed by atoms with Gasteiger partial charge in [-0.1, -0.05) is 11.6 Å². The van der Waals surface area contributed by atoms with Crippen LogP contribution in [0.1, 0.15) is 24.5 Å². The van der Waals surface area contributed by atoms with E-state index in [0.29, 0.717) is 18.8 Å². The Morgan fingerprint density at radius 3 is 3.00 bits per heavy atom. The van der Waals surface area contributed by atoms with Crippen LogP contribution in [0.5, 0.6) is 0 Å². The number of carbonyl (C=O) groups is 1. The van der Waals surface area contributed by atoms with Gasteiger partial charge in [0.05, 0.1) is 11.4 Å². The van der Waals surface area contributed by atoms with Crippen molar-refractivity contribution in [1.82, 2.24) is 19.9 Å². The van der Waals surface area contributed by atoms with Crippen molar-refractivity contribution in [2.45, 2.75) is 18.8 Å². The Kier molecular flexibility index (Phi) is 4.57. The summed E-state index contributed by atoms with van der Waals surface area (Å²) in [5, 5.41) is 3.07. The maximum atomic E-state index is 12.4. The van der Waals surface area contributed by atoms with Gasteiger partial charge in [0, 0.05) is 31.4 Å². The number of piperidine rings is 1. The summed E-state index contributed by atoms with van der Waals surface area (Å²) in [7, 11) is 0. The average molecular weight is 333 g/mol. The Bertz CT molecular complexity index is 710. The maximum Gasteiger partial charge on any atom is 0.321 e. The van der Waals surface area contributed by atoms with Crippen molar-refractivity contribution in [2.75, 3.05) is 24.1 Å². The summed E-state index contributed by atoms with van der Waals surface area (Å²) in [6.45, 7) is 1.28. The molecule has 120 valence electrons. The number of nitrogens with two attached hydrogens (primary N) is 1. The number of nitrogens with zero attached hydrogens (tertiary/aromatic N) is 4. The molecule has 23 heavy (non-hydrogen) atoms. The first-order valence-electron chi connectivity index (χ1n) is 7.38. The van der Waals surface area contributed by atoms with E-state index in [1.54, 1.807) is 29.4 Å². The summed E-state index contributed by atoms with van der Waals surface area (Å²) in [4.78, 5) is 26.3. The number of nitrogens with one attached hydrogen (secondary N) is 1. The molecule has 0 radical (unpaired) electrons. The predicted octanol–water partition coefficient (Wildman–Crippen LogP) is 2.52. The molecule has 1 fully saturated rings. The first-order chi connectivity index (χ1) is 11.1. The Labute approximate surface area is 138 Å². The van der Waals surface area contributed by atoms with Crippen LogP contribution in [0.2, 0.25) is 5.15 Å². The second kappa shape index (κ2) is 6.78. The van der Waals surface area contributed by atoms with Gasteiger partial charge in [0.15, 0.2) is 5.15 Å². The number of anilines is 2. The third kappa shape index (κ3) is 3.68. The van der Waals surface area contributed by atoms with Gasteiger partial charge in [-0.15, -0.1) is 0 Å². The summed E-state index contributed by atoms with van der Waals surface area (Å²) in [6.07, 6.45) is 5.09. The number of likely N-dealkylation sites (tertiary alicyclic amines) is 1. The van der Waals surface area contributed by atoms with Crippen LogP contribution in [0, 0.1) is 0 Å². The van der Waals surface area contributed by atoms with E-state index in [4.69, 9.17) is 17.3 Å². The zero-order valence-electron chi connectivity index (χ0n) is 12.4. The molecule has 0 bridgehead atoms. The lowest BCUT2D eigenvalue weighted by Crippen LogP contribution is -2.41. The topological polar surface area (TPSA) is 97.0 Å². The largest absolute Gasteiger partial charge is 0.368 e. The molecule has 0 spiro atoms. The molecule has 1 aliphatic rings. The first kappa shape index (κ1) is 15.5. The third-order valence-corrected chi connectivity index (χ3v) is 4.12. The molecule has 7 nitrogen and oxygen atoms in total. The van der Waals surface area contributed by atoms with Crippen LogP contribution in [0.25, 0.3) is 0 Å². The number of urea groups is 1. The SMILES string of the molecule is Nc1nccc([C@H]2CCCN(C(=O)Nc3cccnc3Cl)C2)n1. The first-order valence-corrected chi connectivity index (χ1v) is 7.76. The number of aromatic nitrogens is 3. The van der Waals surface area contributed by atoms with Gasteiger partial charge in [0.2, 0.25) is 5.95 Å². The molecule has 1 atom stereocenters. The lowest BCUT2D eigenvalue weighted by atomic mass is 9.95. The van der Waals surface area contributed by atoms with E-state index in [9.17, 15) is 4.79 Å². The van der Waals surface area contributed by atoms with Gasteiger partial charge in [0.25, 0.3) is 0 Å². The number of rotatable bonds is 2. The molecule has 2 aromatic heterocycles. The van der Waals surface area contributed by atoms with Crippen LogP contribution >= 0.6 is 11.6 Å². The summed E-state index contributed by atoms with van der Waals surface area (Å²) < 4.78 is 0. The van der Waals surface area contributed by atoms with Crippen molar-refractivity contribution in [3.05, 3.63) is 41.4 Å². The molecule has 1 saturated heterocycles. The van der Waals surface area contributed by atoms with E-state index in [1.165, 1.54) is 0 Å². The number of nitrogen functional groups attached to an aromatic ring is 1. The number of amides is 2. The Balaban J connectivity index is 1.68. The molecule has 2 aromatic rings. The molecular weight excluding hydrogens is 316 g/mol. The molecule has 2 amide bonds. The fourth-order valence-electron chi connectivity index (χ4n) is 2.69. The van der Waals surface area contributed by atoms with Gasteiger partial charge in [-0.05, 0) is 31.0 Å². The van der Waals surface area contributed by atoms with Gasteiger partial charge < -0.3 is 16.0 Å². The summed E-state index contributed by atoms with van der Waals surface area (Å²) in [5.74, 6) is 0.412. The second-order valence-corrected chi connectivity index (χ2v) is 5.75. The standard InChI is InChI=1S/C15H17ClN6O/c16-13-12(4-1-6-18-13)21-15(23)22-8-2-3-10(9-22)11-5-7-19-14(17)20-11/h1,4-7,10H,2-3,8-9H2,(H,21,23)(H2,17,19,20)/t10-/m0/s1. The van der Waals surface area contributed by atoms with Crippen molar-refractivity contribution < 1.29 is 4.79 Å². The van der Waals surface area contributed by atoms with Crippen LogP contribution < -0.4 is 11.1 Å². The van der Waals surface area contributed by atoms with Crippen molar-refractivity contribution >= 4 is 29.3 Å². The van der Waals surface area contributed by atoms with Gasteiger partial charge in [-0.2, -0.15) is 0 Å². The van der Waals surface area contributed by atoms with Crippen LogP contribution in [0.3, 0.4) is 0 Å². The normalized spacial score (nSPS) is 17.8. The molecule has 0 saturated carbocycles. The Morgan fingerprint density at radius 1 is 1.35 bits per heavy atom. The number of hydrogen-bond donors (Lipinski definition) is 2. The molecule has 8 heteroatoms. The van der Waals surface area contributed by atoms with E-state index in [2.05, 4.69) is 20.3 Å². The summed E-state index contributed by atoms with van der Waals surface area (Å²) in [5.41, 5.74) is 7.02. The Hall–Kier alpha value is -2.41. The average Bonchev–Trinajstić information content (AvgIpc) is 2.57. The maximum absolute atomic E-state index is 12.4. The number of halogens is 1. The summed E-state index contributed by atoms with van der Waals surface area (Å²) in [6, 6.07) is 5.11. The number of hydrogen-bond acceptors (Lipinski definition) is 5. The van der Waals surface area contributed by atoms with Crippen molar-refractivity contribution in [3.63, 3.8) is 0 Å². The van der Waals surface area contributed by atoms with E-state index in [0.717, 1.165) is 18.5 Å². The fourth-order valence-corrected chi connectivity index (χ4v) is 2.86. The summed E-state index contributed by atoms with van der Waals surface area (Å²) >= 11 is 5.97.